The van der Waals surface area contributed by atoms with E-state index in [-0.39, 0.29) is 16.2 Å². The molecule has 0 aliphatic rings. The summed E-state index contributed by atoms with van der Waals surface area (Å²) in [5.41, 5.74) is -0.425. The van der Waals surface area contributed by atoms with E-state index >= 15 is 0 Å². The summed E-state index contributed by atoms with van der Waals surface area (Å²) in [7, 11) is -3.48. The van der Waals surface area contributed by atoms with Crippen LogP contribution in [0.3, 0.4) is 0 Å². The van der Waals surface area contributed by atoms with E-state index in [1.165, 1.54) is 13.0 Å². The first-order valence-electron chi connectivity index (χ1n) is 7.04. The minimum absolute atomic E-state index is 0.0780. The predicted octanol–water partition coefficient (Wildman–Crippen LogP) is 4.45. The van der Waals surface area contributed by atoms with Gasteiger partial charge in [0.1, 0.15) is 15.4 Å². The van der Waals surface area contributed by atoms with E-state index in [2.05, 4.69) is 9.97 Å². The molecule has 0 aliphatic heterocycles. The van der Waals surface area contributed by atoms with Crippen LogP contribution in [-0.2, 0) is 16.0 Å². The number of sulfone groups is 1. The molecule has 0 saturated carbocycles. The van der Waals surface area contributed by atoms with Gasteiger partial charge in [0.2, 0.25) is 0 Å². The van der Waals surface area contributed by atoms with Crippen molar-refractivity contribution in [3.63, 3.8) is 0 Å². The number of alkyl halides is 3. The van der Waals surface area contributed by atoms with Crippen LogP contribution in [-0.4, -0.2) is 24.1 Å². The van der Waals surface area contributed by atoms with Gasteiger partial charge in [-0.1, -0.05) is 30.4 Å². The molecule has 0 aliphatic carbocycles. The molecule has 0 atom stereocenters. The Balaban J connectivity index is 2.59. The van der Waals surface area contributed by atoms with Crippen LogP contribution >= 0.6 is 11.3 Å². The van der Waals surface area contributed by atoms with E-state index < -0.39 is 21.6 Å². The van der Waals surface area contributed by atoms with Crippen LogP contribution in [0, 0.1) is 0 Å². The van der Waals surface area contributed by atoms with Gasteiger partial charge in [-0.15, -0.1) is 0 Å². The van der Waals surface area contributed by atoms with Gasteiger partial charge >= 0.3 is 6.18 Å². The number of halogens is 3. The van der Waals surface area contributed by atoms with E-state index in [9.17, 15) is 21.6 Å². The number of allylic oxidation sites excluding steroid dienone is 3. The fourth-order valence-electron chi connectivity index (χ4n) is 2.12. The number of aromatic nitrogens is 2. The van der Waals surface area contributed by atoms with E-state index in [0.717, 1.165) is 23.6 Å². The molecule has 0 saturated heterocycles. The standard InChI is InChI=1S/C15H15F3N2O2S2/c1-4-10(12(5-2)24(21,22)6-3)13-20-11-7-9(15(16,17)18)8-19-14(11)23-13/h4-5,7-8H,6H2,1-3H3/b10-4+,12-5+. The van der Waals surface area contributed by atoms with Crippen molar-refractivity contribution in [3.8, 4) is 0 Å². The summed E-state index contributed by atoms with van der Waals surface area (Å²) in [5.74, 6) is -0.0780. The Kier molecular flexibility index (Phi) is 5.14. The van der Waals surface area contributed by atoms with Crippen molar-refractivity contribution in [1.82, 2.24) is 9.97 Å². The second-order valence-electron chi connectivity index (χ2n) is 4.82. The lowest BCUT2D eigenvalue weighted by Gasteiger charge is -2.08. The Morgan fingerprint density at radius 3 is 2.46 bits per heavy atom. The van der Waals surface area contributed by atoms with Gasteiger partial charge in [0.15, 0.2) is 9.84 Å². The smallest absolute Gasteiger partial charge is 0.243 e. The summed E-state index contributed by atoms with van der Waals surface area (Å²) in [6.45, 7) is 4.78. The van der Waals surface area contributed by atoms with Crippen LogP contribution in [0.4, 0.5) is 13.2 Å². The summed E-state index contributed by atoms with van der Waals surface area (Å²) >= 11 is 1.06. The van der Waals surface area contributed by atoms with Crippen molar-refractivity contribution in [2.75, 3.05) is 5.75 Å². The molecular formula is C15H15F3N2O2S2. The van der Waals surface area contributed by atoms with Crippen LogP contribution in [0.1, 0.15) is 31.3 Å². The zero-order valence-electron chi connectivity index (χ0n) is 13.2. The second-order valence-corrected chi connectivity index (χ2v) is 8.05. The molecule has 0 aromatic carbocycles. The Bertz CT molecular complexity index is 926. The quantitative estimate of drug-likeness (QED) is 0.740. The largest absolute Gasteiger partial charge is 0.417 e. The third-order valence-electron chi connectivity index (χ3n) is 3.34. The molecule has 2 heterocycles. The molecule has 4 nitrogen and oxygen atoms in total. The van der Waals surface area contributed by atoms with Gasteiger partial charge in [0.25, 0.3) is 0 Å². The van der Waals surface area contributed by atoms with E-state index in [4.69, 9.17) is 0 Å². The van der Waals surface area contributed by atoms with Crippen LogP contribution < -0.4 is 0 Å². The summed E-state index contributed by atoms with van der Waals surface area (Å²) in [5, 5.41) is 0.324. The maximum absolute atomic E-state index is 12.8. The fourth-order valence-corrected chi connectivity index (χ4v) is 4.39. The Morgan fingerprint density at radius 2 is 1.96 bits per heavy atom. The normalized spacial score (nSPS) is 14.4. The maximum atomic E-state index is 12.8. The first kappa shape index (κ1) is 18.6. The fraction of sp³-hybridized carbons (Fsp3) is 0.333. The highest BCUT2D eigenvalue weighted by Crippen LogP contribution is 2.35. The summed E-state index contributed by atoms with van der Waals surface area (Å²) in [6, 6.07) is 0.916. The number of rotatable bonds is 4. The van der Waals surface area contributed by atoms with Crippen molar-refractivity contribution >= 4 is 37.1 Å². The zero-order valence-corrected chi connectivity index (χ0v) is 14.8. The summed E-state index contributed by atoms with van der Waals surface area (Å²) < 4.78 is 62.7. The molecule has 0 bridgehead atoms. The second kappa shape index (κ2) is 6.64. The van der Waals surface area contributed by atoms with Gasteiger partial charge in [-0.2, -0.15) is 13.2 Å². The minimum Gasteiger partial charge on any atom is -0.243 e. The third-order valence-corrected chi connectivity index (χ3v) is 6.23. The molecule has 2 aromatic heterocycles. The summed E-state index contributed by atoms with van der Waals surface area (Å²) in [4.78, 5) is 8.38. The molecule has 0 N–H and O–H groups in total. The molecule has 0 spiro atoms. The van der Waals surface area contributed by atoms with E-state index in [0.29, 0.717) is 15.4 Å². The molecule has 2 rings (SSSR count). The number of hydrogen-bond donors (Lipinski definition) is 0. The van der Waals surface area contributed by atoms with Crippen LogP contribution in [0.5, 0.6) is 0 Å². The topological polar surface area (TPSA) is 59.9 Å². The van der Waals surface area contributed by atoms with Gasteiger partial charge < -0.3 is 0 Å². The van der Waals surface area contributed by atoms with E-state index in [1.54, 1.807) is 19.9 Å². The third kappa shape index (κ3) is 3.51. The highest BCUT2D eigenvalue weighted by Gasteiger charge is 2.31. The van der Waals surface area contributed by atoms with Gasteiger partial charge in [0, 0.05) is 11.8 Å². The molecule has 9 heteroatoms. The van der Waals surface area contributed by atoms with E-state index in [1.807, 2.05) is 0 Å². The van der Waals surface area contributed by atoms with Gasteiger partial charge in [0.05, 0.1) is 16.2 Å². The first-order chi connectivity index (χ1) is 11.1. The number of fused-ring (bicyclic) bond motifs is 1. The molecule has 0 fully saturated rings. The Labute approximate surface area is 141 Å². The summed E-state index contributed by atoms with van der Waals surface area (Å²) in [6.07, 6.45) is -0.701. The zero-order chi connectivity index (χ0) is 18.1. The van der Waals surface area contributed by atoms with Crippen LogP contribution in [0.15, 0.2) is 29.3 Å². The van der Waals surface area contributed by atoms with Crippen molar-refractivity contribution in [3.05, 3.63) is 39.9 Å². The Morgan fingerprint density at radius 1 is 1.29 bits per heavy atom. The average molecular weight is 376 g/mol. The first-order valence-corrected chi connectivity index (χ1v) is 9.50. The van der Waals surface area contributed by atoms with Gasteiger partial charge in [-0.3, -0.25) is 0 Å². The molecule has 0 amide bonds. The van der Waals surface area contributed by atoms with Crippen LogP contribution in [0.25, 0.3) is 15.9 Å². The lowest BCUT2D eigenvalue weighted by atomic mass is 10.2. The lowest BCUT2D eigenvalue weighted by Crippen LogP contribution is -2.08. The SMILES string of the molecule is C/C=C(\C(=C/C)S(=O)(=O)CC)c1nc2cc(C(F)(F)F)cnc2s1. The van der Waals surface area contributed by atoms with Crippen molar-refractivity contribution in [2.24, 2.45) is 0 Å². The minimum atomic E-state index is -4.51. The molecule has 2 aromatic rings. The Hall–Kier alpha value is -1.74. The number of hydrogen-bond acceptors (Lipinski definition) is 5. The lowest BCUT2D eigenvalue weighted by molar-refractivity contribution is -0.137. The number of thiazole rings is 1. The number of nitrogens with zero attached hydrogens (tertiary/aromatic N) is 2. The highest BCUT2D eigenvalue weighted by molar-refractivity contribution is 7.95. The van der Waals surface area contributed by atoms with Gasteiger partial charge in [-0.05, 0) is 19.9 Å². The van der Waals surface area contributed by atoms with Crippen molar-refractivity contribution < 1.29 is 21.6 Å². The monoisotopic (exact) mass is 376 g/mol. The molecule has 24 heavy (non-hydrogen) atoms. The molecule has 0 unspecified atom stereocenters. The average Bonchev–Trinajstić information content (AvgIpc) is 2.93. The van der Waals surface area contributed by atoms with Crippen molar-refractivity contribution in [2.45, 2.75) is 26.9 Å². The van der Waals surface area contributed by atoms with Crippen molar-refractivity contribution in [1.29, 1.82) is 0 Å². The number of pyridine rings is 1. The van der Waals surface area contributed by atoms with Crippen LogP contribution in [0.2, 0.25) is 0 Å². The predicted molar refractivity (Wildman–Crippen MR) is 89.3 cm³/mol. The maximum Gasteiger partial charge on any atom is 0.417 e. The molecular weight excluding hydrogens is 361 g/mol. The molecule has 130 valence electrons. The van der Waals surface area contributed by atoms with Gasteiger partial charge in [-0.25, -0.2) is 18.4 Å². The highest BCUT2D eigenvalue weighted by atomic mass is 32.2. The molecule has 0 radical (unpaired) electrons.